The van der Waals surface area contributed by atoms with E-state index in [4.69, 9.17) is 9.94 Å². The van der Waals surface area contributed by atoms with Gasteiger partial charge in [0.05, 0.1) is 6.54 Å². The molecule has 0 atom stereocenters. The third-order valence-corrected chi connectivity index (χ3v) is 8.79. The minimum atomic E-state index is -8.10. The van der Waals surface area contributed by atoms with Crippen LogP contribution in [0.1, 0.15) is 234 Å². The van der Waals surface area contributed by atoms with Gasteiger partial charge in [0.15, 0.2) is 0 Å². The number of nitrogens with zero attached hydrogens (tertiary/aromatic N) is 1. The Hall–Kier alpha value is -0.360. The largest absolute Gasteiger partial charge is 0.456 e. The Labute approximate surface area is 309 Å². The number of nitrogens with two attached hydrogens (primary N) is 1. The Balaban J connectivity index is -0.000000226. The number of hydrogen-bond donors (Lipinski definition) is 1. The maximum atomic E-state index is 12.0. The predicted molar refractivity (Wildman–Crippen MR) is 212 cm³/mol. The summed E-state index contributed by atoms with van der Waals surface area (Å²) in [5.74, 6) is 0. The van der Waals surface area contributed by atoms with Crippen molar-refractivity contribution in [3.63, 3.8) is 0 Å². The maximum absolute atomic E-state index is 12.0. The second-order valence-electron chi connectivity index (χ2n) is 13.2. The van der Waals surface area contributed by atoms with Crippen molar-refractivity contribution in [3.8, 4) is 0 Å². The molecular formula is C38H84F6N2O2S2. The molecule has 0 heterocycles. The lowest BCUT2D eigenvalue weighted by molar-refractivity contribution is 0.403. The van der Waals surface area contributed by atoms with E-state index in [0.29, 0.717) is 6.42 Å². The average Bonchev–Trinajstić information content (AvgIpc) is 2.99. The van der Waals surface area contributed by atoms with Crippen molar-refractivity contribution in [2.45, 2.75) is 234 Å². The molecule has 0 rings (SSSR count). The smallest absolute Gasteiger partial charge is 0.330 e. The summed E-state index contributed by atoms with van der Waals surface area (Å²) >= 11 is 0. The van der Waals surface area contributed by atoms with E-state index in [-0.39, 0.29) is 21.4 Å². The molecule has 4 nitrogen and oxygen atoms in total. The van der Waals surface area contributed by atoms with Gasteiger partial charge in [-0.1, -0.05) is 245 Å². The maximum Gasteiger partial charge on any atom is 0.456 e. The van der Waals surface area contributed by atoms with E-state index in [9.17, 15) is 27.5 Å². The predicted octanol–water partition coefficient (Wildman–Crippen LogP) is 16.3. The summed E-state index contributed by atoms with van der Waals surface area (Å²) in [6.07, 6.45) is 43.0. The van der Waals surface area contributed by atoms with Crippen LogP contribution in [-0.2, 0) is 21.1 Å². The highest BCUT2D eigenvalue weighted by atomic mass is 32.4. The zero-order chi connectivity index (χ0) is 36.7. The summed E-state index contributed by atoms with van der Waals surface area (Å²) < 4.78 is 84.7. The van der Waals surface area contributed by atoms with Gasteiger partial charge < -0.3 is 5.73 Å². The Bertz CT molecular complexity index is 778. The number of unbranched alkanes of at least 4 members (excludes halogenated alkanes) is 30. The van der Waals surface area contributed by atoms with Crippen molar-refractivity contribution >= 4 is 21.1 Å². The van der Waals surface area contributed by atoms with Crippen molar-refractivity contribution < 1.29 is 31.7 Å². The molecular weight excluding hydrogens is 695 g/mol. The van der Waals surface area contributed by atoms with E-state index >= 15 is 0 Å². The molecule has 0 fully saturated rings. The quantitative estimate of drug-likeness (QED) is 0.0410. The third kappa shape index (κ3) is 81.6. The lowest BCUT2D eigenvalue weighted by atomic mass is 10.0. The Morgan fingerprint density at radius 1 is 0.440 bits per heavy atom. The van der Waals surface area contributed by atoms with E-state index in [2.05, 4.69) is 18.2 Å². The van der Waals surface area contributed by atoms with Crippen molar-refractivity contribution in [2.75, 3.05) is 13.1 Å². The molecule has 50 heavy (non-hydrogen) atoms. The molecule has 312 valence electrons. The van der Waals surface area contributed by atoms with E-state index in [1.807, 2.05) is 0 Å². The molecule has 0 aromatic carbocycles. The Morgan fingerprint density at radius 3 is 0.800 bits per heavy atom. The van der Waals surface area contributed by atoms with Gasteiger partial charge in [-0.05, 0) is 19.4 Å². The SMILES string of the molecule is C.C.CCCCCCCCCCCCCCCCCCN.CCCCCCCCCCCCCCCCCCN=S(=O)(F)F.O=S(F)(F)(F)F. The second kappa shape index (κ2) is 43.0. The van der Waals surface area contributed by atoms with Crippen LogP contribution in [0.25, 0.3) is 0 Å². The fourth-order valence-corrected chi connectivity index (χ4v) is 5.86. The van der Waals surface area contributed by atoms with Crippen LogP contribution in [-0.4, -0.2) is 21.5 Å². The van der Waals surface area contributed by atoms with E-state index in [0.717, 1.165) is 19.4 Å². The molecule has 0 radical (unpaired) electrons. The summed E-state index contributed by atoms with van der Waals surface area (Å²) in [6.45, 7) is 5.45. The van der Waals surface area contributed by atoms with Crippen LogP contribution in [0.15, 0.2) is 4.36 Å². The van der Waals surface area contributed by atoms with Gasteiger partial charge in [-0.25, -0.2) is 0 Å². The summed E-state index contributed by atoms with van der Waals surface area (Å²) in [7, 11) is -13.0. The fourth-order valence-electron chi connectivity index (χ4n) is 5.52. The number of hydrogen-bond acceptors (Lipinski definition) is 4. The summed E-state index contributed by atoms with van der Waals surface area (Å²) in [6, 6.07) is 0. The van der Waals surface area contributed by atoms with Crippen LogP contribution in [0.2, 0.25) is 0 Å². The van der Waals surface area contributed by atoms with Crippen LogP contribution in [0.5, 0.6) is 0 Å². The van der Waals surface area contributed by atoms with Gasteiger partial charge in [0.2, 0.25) is 0 Å². The Morgan fingerprint density at radius 2 is 0.620 bits per heavy atom. The lowest BCUT2D eigenvalue weighted by Crippen LogP contribution is -1.97. The molecule has 0 amide bonds. The first kappa shape index (κ1) is 58.9. The molecule has 0 aromatic rings. The van der Waals surface area contributed by atoms with Gasteiger partial charge >= 0.3 is 21.1 Å². The first-order chi connectivity index (χ1) is 22.7. The molecule has 2 N–H and O–H groups in total. The van der Waals surface area contributed by atoms with Gasteiger partial charge in [0.25, 0.3) is 0 Å². The molecule has 0 bridgehead atoms. The molecule has 0 aliphatic carbocycles. The van der Waals surface area contributed by atoms with E-state index < -0.39 is 21.1 Å². The van der Waals surface area contributed by atoms with Gasteiger partial charge in [0, 0.05) is 0 Å². The molecule has 0 aromatic heterocycles. The molecule has 0 aliphatic rings. The fraction of sp³-hybridized carbons (Fsp3) is 1.00. The van der Waals surface area contributed by atoms with Gasteiger partial charge in [0.1, 0.15) is 0 Å². The third-order valence-electron chi connectivity index (χ3n) is 8.31. The molecule has 0 aliphatic heterocycles. The van der Waals surface area contributed by atoms with E-state index in [1.165, 1.54) is 186 Å². The highest BCUT2D eigenvalue weighted by Gasteiger charge is 2.33. The normalized spacial score (nSPS) is 11.9. The lowest BCUT2D eigenvalue weighted by Gasteiger charge is -2.03. The monoisotopic (exact) mass is 779 g/mol. The molecule has 12 heteroatoms. The van der Waals surface area contributed by atoms with Gasteiger partial charge in [-0.2, -0.15) is 12.8 Å². The first-order valence-corrected chi connectivity index (χ1v) is 22.5. The highest BCUT2D eigenvalue weighted by molar-refractivity contribution is 8.01. The summed E-state index contributed by atoms with van der Waals surface area (Å²) in [5.41, 5.74) is 5.48. The van der Waals surface area contributed by atoms with Crippen LogP contribution in [0, 0.1) is 0 Å². The van der Waals surface area contributed by atoms with Crippen LogP contribution in [0.3, 0.4) is 0 Å². The molecule has 0 saturated heterocycles. The van der Waals surface area contributed by atoms with Gasteiger partial charge in [-0.15, -0.1) is 0 Å². The molecule has 0 spiro atoms. The average molecular weight is 779 g/mol. The second-order valence-corrected chi connectivity index (χ2v) is 15.5. The van der Waals surface area contributed by atoms with Crippen molar-refractivity contribution in [2.24, 2.45) is 10.1 Å². The minimum Gasteiger partial charge on any atom is -0.330 e. The number of halogens is 6. The van der Waals surface area contributed by atoms with Crippen LogP contribution >= 0.6 is 0 Å². The highest BCUT2D eigenvalue weighted by Crippen LogP contribution is 2.31. The topological polar surface area (TPSA) is 72.5 Å². The zero-order valence-electron chi connectivity index (χ0n) is 31.0. The van der Waals surface area contributed by atoms with Gasteiger partial charge in [-0.3, -0.25) is 0 Å². The van der Waals surface area contributed by atoms with Crippen LogP contribution < -0.4 is 5.73 Å². The minimum absolute atomic E-state index is 0. The summed E-state index contributed by atoms with van der Waals surface area (Å²) in [4.78, 5) is 0. The van der Waals surface area contributed by atoms with E-state index in [1.54, 1.807) is 0 Å². The zero-order valence-corrected chi connectivity index (χ0v) is 32.6. The number of rotatable bonds is 33. The van der Waals surface area contributed by atoms with Crippen LogP contribution in [0.4, 0.5) is 23.3 Å². The molecule has 0 unspecified atom stereocenters. The van der Waals surface area contributed by atoms with Crippen molar-refractivity contribution in [1.29, 1.82) is 0 Å². The standard InChI is InChI=1S/C18H37F2NOS.C18H39N.2CH4.F4OS/c1-2-3-4-5-6-7-8-9-10-11-12-13-14-15-16-17-18-21-23(19,20)22;1-2-3-4-5-6-7-8-9-10-11-12-13-14-15-16-17-18-19;;;1-6(2,3,4)5/h2-18H2,1H3;2-19H2,1H3;2*1H4;. The summed E-state index contributed by atoms with van der Waals surface area (Å²) in [5, 5.41) is 0. The first-order valence-electron chi connectivity index (χ1n) is 19.6. The molecule has 0 saturated carbocycles. The van der Waals surface area contributed by atoms with Crippen molar-refractivity contribution in [3.05, 3.63) is 0 Å². The Kier molecular flexibility index (Phi) is 50.7. The van der Waals surface area contributed by atoms with Crippen molar-refractivity contribution in [1.82, 2.24) is 0 Å².